The third kappa shape index (κ3) is 3.64. The first-order valence-corrected chi connectivity index (χ1v) is 6.68. The zero-order valence-electron chi connectivity index (χ0n) is 11.7. The van der Waals surface area contributed by atoms with Gasteiger partial charge in [0.2, 0.25) is 5.91 Å². The number of hydrogen-bond acceptors (Lipinski definition) is 3. The van der Waals surface area contributed by atoms with Gasteiger partial charge in [-0.15, -0.1) is 0 Å². The summed E-state index contributed by atoms with van der Waals surface area (Å²) in [6, 6.07) is 8.44. The molecule has 2 aromatic rings. The fraction of sp³-hybridized carbons (Fsp3) is 0.200. The van der Waals surface area contributed by atoms with Gasteiger partial charge < -0.3 is 14.6 Å². The number of hydrogen-bond donors (Lipinski definition) is 1. The Morgan fingerprint density at radius 1 is 1.38 bits per heavy atom. The van der Waals surface area contributed by atoms with Crippen LogP contribution in [0.15, 0.2) is 41.3 Å². The van der Waals surface area contributed by atoms with Crippen molar-refractivity contribution in [1.82, 2.24) is 4.57 Å². The lowest BCUT2D eigenvalue weighted by Crippen LogP contribution is -2.27. The van der Waals surface area contributed by atoms with E-state index < -0.39 is 0 Å². The van der Waals surface area contributed by atoms with Crippen molar-refractivity contribution in [2.24, 2.45) is 0 Å². The first kappa shape index (κ1) is 15.1. The molecule has 2 rings (SSSR count). The molecule has 0 saturated heterocycles. The second-order valence-corrected chi connectivity index (χ2v) is 4.95. The highest BCUT2D eigenvalue weighted by Crippen LogP contribution is 2.20. The Morgan fingerprint density at radius 3 is 2.86 bits per heavy atom. The first-order chi connectivity index (χ1) is 10.0. The van der Waals surface area contributed by atoms with Gasteiger partial charge in [-0.05, 0) is 36.8 Å². The van der Waals surface area contributed by atoms with Crippen molar-refractivity contribution in [2.75, 3.05) is 12.4 Å². The van der Waals surface area contributed by atoms with Gasteiger partial charge in [-0.2, -0.15) is 0 Å². The molecule has 0 spiro atoms. The van der Waals surface area contributed by atoms with Crippen LogP contribution in [0.2, 0.25) is 5.02 Å². The van der Waals surface area contributed by atoms with E-state index in [-0.39, 0.29) is 23.8 Å². The minimum Gasteiger partial charge on any atom is -0.491 e. The molecule has 21 heavy (non-hydrogen) atoms. The maximum absolute atomic E-state index is 12.0. The summed E-state index contributed by atoms with van der Waals surface area (Å²) in [5, 5.41) is 3.28. The molecule has 1 heterocycles. The van der Waals surface area contributed by atoms with Crippen molar-refractivity contribution < 1.29 is 9.53 Å². The Bertz CT molecular complexity index is 725. The van der Waals surface area contributed by atoms with Gasteiger partial charge in [-0.1, -0.05) is 17.7 Å². The van der Waals surface area contributed by atoms with Crippen LogP contribution in [0.25, 0.3) is 0 Å². The molecule has 1 amide bonds. The summed E-state index contributed by atoms with van der Waals surface area (Å²) in [6.45, 7) is 1.77. The zero-order chi connectivity index (χ0) is 15.4. The van der Waals surface area contributed by atoms with E-state index in [0.717, 1.165) is 5.56 Å². The number of methoxy groups -OCH3 is 1. The average Bonchev–Trinajstić information content (AvgIpc) is 2.45. The number of carbonyl (C=O) groups excluding carboxylic acids is 1. The predicted octanol–water partition coefficient (Wildman–Crippen LogP) is 2.46. The number of nitrogens with zero attached hydrogens (tertiary/aromatic N) is 1. The summed E-state index contributed by atoms with van der Waals surface area (Å²) in [7, 11) is 1.41. The number of halogens is 1. The van der Waals surface area contributed by atoms with Gasteiger partial charge in [-0.3, -0.25) is 9.59 Å². The number of ether oxygens (including phenoxy) is 1. The lowest BCUT2D eigenvalue weighted by molar-refractivity contribution is -0.116. The standard InChI is InChI=1S/C15H15ClN2O3/c1-10-5-6-11(16)8-12(10)17-14(19)9-18-7-3-4-13(21-2)15(18)20/h3-8H,9H2,1-2H3,(H,17,19). The highest BCUT2D eigenvalue weighted by Gasteiger charge is 2.09. The molecule has 0 aliphatic rings. The Morgan fingerprint density at radius 2 is 2.14 bits per heavy atom. The third-order valence-corrected chi connectivity index (χ3v) is 3.23. The van der Waals surface area contributed by atoms with Gasteiger partial charge >= 0.3 is 0 Å². The van der Waals surface area contributed by atoms with E-state index in [0.29, 0.717) is 10.7 Å². The van der Waals surface area contributed by atoms with Gasteiger partial charge in [0, 0.05) is 16.9 Å². The van der Waals surface area contributed by atoms with Crippen LogP contribution in [0.5, 0.6) is 5.75 Å². The highest BCUT2D eigenvalue weighted by molar-refractivity contribution is 6.31. The summed E-state index contributed by atoms with van der Waals surface area (Å²) in [5.74, 6) is -0.111. The Labute approximate surface area is 127 Å². The molecule has 0 radical (unpaired) electrons. The molecule has 0 aliphatic heterocycles. The van der Waals surface area contributed by atoms with Crippen molar-refractivity contribution >= 4 is 23.2 Å². The zero-order valence-corrected chi connectivity index (χ0v) is 12.5. The molecule has 0 unspecified atom stereocenters. The quantitative estimate of drug-likeness (QED) is 0.944. The number of pyridine rings is 1. The third-order valence-electron chi connectivity index (χ3n) is 2.99. The van der Waals surface area contributed by atoms with Crippen LogP contribution < -0.4 is 15.6 Å². The number of nitrogens with one attached hydrogen (secondary N) is 1. The maximum Gasteiger partial charge on any atom is 0.293 e. The summed E-state index contributed by atoms with van der Waals surface area (Å²) in [6.07, 6.45) is 1.54. The van der Waals surface area contributed by atoms with E-state index in [1.807, 2.05) is 13.0 Å². The number of carbonyl (C=O) groups is 1. The first-order valence-electron chi connectivity index (χ1n) is 6.30. The van der Waals surface area contributed by atoms with Crippen LogP contribution in [0, 0.1) is 6.92 Å². The molecule has 0 aliphatic carbocycles. The molecule has 0 atom stereocenters. The second kappa shape index (κ2) is 6.45. The molecular formula is C15H15ClN2O3. The summed E-state index contributed by atoms with van der Waals surface area (Å²) < 4.78 is 6.22. The number of aryl methyl sites for hydroxylation is 1. The highest BCUT2D eigenvalue weighted by atomic mass is 35.5. The van der Waals surface area contributed by atoms with Gasteiger partial charge in [0.1, 0.15) is 6.54 Å². The van der Waals surface area contributed by atoms with E-state index in [2.05, 4.69) is 5.32 Å². The van der Waals surface area contributed by atoms with E-state index in [1.165, 1.54) is 17.9 Å². The van der Waals surface area contributed by atoms with Crippen molar-refractivity contribution in [2.45, 2.75) is 13.5 Å². The summed E-state index contributed by atoms with van der Waals surface area (Å²) >= 11 is 5.90. The van der Waals surface area contributed by atoms with E-state index in [9.17, 15) is 9.59 Å². The van der Waals surface area contributed by atoms with Crippen LogP contribution in [-0.4, -0.2) is 17.6 Å². The van der Waals surface area contributed by atoms with Crippen molar-refractivity contribution in [3.05, 3.63) is 57.5 Å². The molecule has 0 saturated carbocycles. The molecule has 1 N–H and O–H groups in total. The van der Waals surface area contributed by atoms with Gasteiger partial charge in [-0.25, -0.2) is 0 Å². The Kier molecular flexibility index (Phi) is 4.65. The number of benzene rings is 1. The fourth-order valence-electron chi connectivity index (χ4n) is 1.87. The van der Waals surface area contributed by atoms with Crippen molar-refractivity contribution in [3.8, 4) is 5.75 Å². The van der Waals surface area contributed by atoms with Gasteiger partial charge in [0.25, 0.3) is 5.56 Å². The number of aromatic nitrogens is 1. The molecule has 1 aromatic heterocycles. The smallest absolute Gasteiger partial charge is 0.293 e. The maximum atomic E-state index is 12.0. The summed E-state index contributed by atoms with van der Waals surface area (Å²) in [4.78, 5) is 24.0. The van der Waals surface area contributed by atoms with Crippen molar-refractivity contribution in [1.29, 1.82) is 0 Å². The molecular weight excluding hydrogens is 292 g/mol. The largest absolute Gasteiger partial charge is 0.491 e. The molecule has 110 valence electrons. The summed E-state index contributed by atoms with van der Waals surface area (Å²) in [5.41, 5.74) is 1.17. The predicted molar refractivity (Wildman–Crippen MR) is 82.1 cm³/mol. The fourth-order valence-corrected chi connectivity index (χ4v) is 2.04. The average molecular weight is 307 g/mol. The Balaban J connectivity index is 2.16. The Hall–Kier alpha value is -2.27. The van der Waals surface area contributed by atoms with Crippen LogP contribution in [0.3, 0.4) is 0 Å². The van der Waals surface area contributed by atoms with Crippen LogP contribution in [0.1, 0.15) is 5.56 Å². The molecule has 5 nitrogen and oxygen atoms in total. The SMILES string of the molecule is COc1cccn(CC(=O)Nc2cc(Cl)ccc2C)c1=O. The van der Waals surface area contributed by atoms with Crippen molar-refractivity contribution in [3.63, 3.8) is 0 Å². The van der Waals surface area contributed by atoms with E-state index >= 15 is 0 Å². The number of anilines is 1. The molecule has 0 fully saturated rings. The minimum atomic E-state index is -0.349. The van der Waals surface area contributed by atoms with Gasteiger partial charge in [0.05, 0.1) is 7.11 Å². The lowest BCUT2D eigenvalue weighted by Gasteiger charge is -2.10. The number of rotatable bonds is 4. The van der Waals surface area contributed by atoms with Crippen LogP contribution in [-0.2, 0) is 11.3 Å². The van der Waals surface area contributed by atoms with Crippen LogP contribution >= 0.6 is 11.6 Å². The molecule has 1 aromatic carbocycles. The minimum absolute atomic E-state index is 0.0953. The topological polar surface area (TPSA) is 60.3 Å². The van der Waals surface area contributed by atoms with E-state index in [1.54, 1.807) is 24.3 Å². The molecule has 6 heteroatoms. The van der Waals surface area contributed by atoms with Crippen LogP contribution in [0.4, 0.5) is 5.69 Å². The lowest BCUT2D eigenvalue weighted by atomic mass is 10.2. The number of amides is 1. The van der Waals surface area contributed by atoms with E-state index in [4.69, 9.17) is 16.3 Å². The monoisotopic (exact) mass is 306 g/mol. The normalized spacial score (nSPS) is 10.2. The van der Waals surface area contributed by atoms with Gasteiger partial charge in [0.15, 0.2) is 5.75 Å². The second-order valence-electron chi connectivity index (χ2n) is 4.52. The molecule has 0 bridgehead atoms.